The molecule has 0 amide bonds. The lowest BCUT2D eigenvalue weighted by atomic mass is 10.0. The summed E-state index contributed by atoms with van der Waals surface area (Å²) >= 11 is 9.39. The van der Waals surface area contributed by atoms with E-state index in [1.165, 1.54) is 0 Å². The molecule has 0 aliphatic carbocycles. The number of H-pyrrole nitrogens is 1. The van der Waals surface area contributed by atoms with Gasteiger partial charge in [0.2, 0.25) is 0 Å². The summed E-state index contributed by atoms with van der Waals surface area (Å²) in [7, 11) is 0. The van der Waals surface area contributed by atoms with Gasteiger partial charge >= 0.3 is 0 Å². The van der Waals surface area contributed by atoms with Crippen LogP contribution in [0.4, 0.5) is 0 Å². The third-order valence-electron chi connectivity index (χ3n) is 3.05. The number of nitrogens with one attached hydrogen (secondary N) is 1. The van der Waals surface area contributed by atoms with E-state index >= 15 is 0 Å². The number of hydrogen-bond acceptors (Lipinski definition) is 2. The molecule has 0 aliphatic rings. The molecule has 20 heavy (non-hydrogen) atoms. The number of benzene rings is 1. The SMILES string of the molecule is Cc1cc(Cl)cc(C(=O)c2c[nH]c3ncc(Br)cc23)c1. The first-order chi connectivity index (χ1) is 9.54. The van der Waals surface area contributed by atoms with Crippen LogP contribution in [0.15, 0.2) is 41.1 Å². The highest BCUT2D eigenvalue weighted by molar-refractivity contribution is 9.10. The van der Waals surface area contributed by atoms with Crippen LogP contribution >= 0.6 is 27.5 Å². The van der Waals surface area contributed by atoms with Crippen molar-refractivity contribution in [3.8, 4) is 0 Å². The molecule has 0 saturated heterocycles. The second-order valence-corrected chi connectivity index (χ2v) is 5.95. The van der Waals surface area contributed by atoms with Gasteiger partial charge in [-0.25, -0.2) is 4.98 Å². The van der Waals surface area contributed by atoms with Crippen molar-refractivity contribution in [1.29, 1.82) is 0 Å². The van der Waals surface area contributed by atoms with E-state index in [4.69, 9.17) is 11.6 Å². The quantitative estimate of drug-likeness (QED) is 0.691. The van der Waals surface area contributed by atoms with E-state index in [9.17, 15) is 4.79 Å². The average molecular weight is 350 g/mol. The number of halogens is 2. The first-order valence-corrected chi connectivity index (χ1v) is 7.16. The Labute approximate surface area is 129 Å². The van der Waals surface area contributed by atoms with Crippen LogP contribution in [0.1, 0.15) is 21.5 Å². The van der Waals surface area contributed by atoms with Gasteiger partial charge in [0.05, 0.1) is 0 Å². The van der Waals surface area contributed by atoms with Crippen molar-refractivity contribution in [3.05, 3.63) is 62.8 Å². The third kappa shape index (κ3) is 2.37. The van der Waals surface area contributed by atoms with Gasteiger partial charge in [-0.05, 0) is 52.7 Å². The highest BCUT2D eigenvalue weighted by atomic mass is 79.9. The highest BCUT2D eigenvalue weighted by Crippen LogP contribution is 2.24. The molecule has 3 aromatic rings. The number of fused-ring (bicyclic) bond motifs is 1. The second-order valence-electron chi connectivity index (χ2n) is 4.60. The van der Waals surface area contributed by atoms with Gasteiger partial charge in [-0.1, -0.05) is 11.6 Å². The van der Waals surface area contributed by atoms with Crippen LogP contribution < -0.4 is 0 Å². The fourth-order valence-corrected chi connectivity index (χ4v) is 2.81. The van der Waals surface area contributed by atoms with Crippen molar-refractivity contribution >= 4 is 44.3 Å². The molecule has 5 heteroatoms. The molecular formula is C15H10BrClN2O. The minimum absolute atomic E-state index is 0.0678. The Hall–Kier alpha value is -1.65. The Balaban J connectivity index is 2.15. The van der Waals surface area contributed by atoms with Crippen LogP contribution in [0.3, 0.4) is 0 Å². The molecule has 1 aromatic carbocycles. The number of aryl methyl sites for hydroxylation is 1. The number of rotatable bonds is 2. The van der Waals surface area contributed by atoms with E-state index in [0.717, 1.165) is 15.4 Å². The Morgan fingerprint density at radius 3 is 2.85 bits per heavy atom. The van der Waals surface area contributed by atoms with Crippen LogP contribution in [-0.2, 0) is 0 Å². The molecule has 0 atom stereocenters. The van der Waals surface area contributed by atoms with Crippen LogP contribution in [-0.4, -0.2) is 15.8 Å². The van der Waals surface area contributed by atoms with Gasteiger partial charge in [0.25, 0.3) is 0 Å². The molecule has 0 spiro atoms. The van der Waals surface area contributed by atoms with Crippen molar-refractivity contribution in [2.45, 2.75) is 6.92 Å². The Bertz CT molecular complexity index is 806. The number of aromatic amines is 1. The van der Waals surface area contributed by atoms with Gasteiger partial charge in [0.1, 0.15) is 5.65 Å². The molecular weight excluding hydrogens is 340 g/mol. The second kappa shape index (κ2) is 5.04. The maximum atomic E-state index is 12.6. The van der Waals surface area contributed by atoms with Crippen molar-refractivity contribution in [3.63, 3.8) is 0 Å². The summed E-state index contributed by atoms with van der Waals surface area (Å²) in [6.45, 7) is 1.91. The summed E-state index contributed by atoms with van der Waals surface area (Å²) in [6, 6.07) is 7.22. The lowest BCUT2D eigenvalue weighted by Gasteiger charge is -2.03. The maximum Gasteiger partial charge on any atom is 0.195 e. The van der Waals surface area contributed by atoms with Crippen LogP contribution in [0, 0.1) is 6.92 Å². The van der Waals surface area contributed by atoms with Crippen LogP contribution in [0.25, 0.3) is 11.0 Å². The molecule has 3 rings (SSSR count). The molecule has 100 valence electrons. The van der Waals surface area contributed by atoms with E-state index in [1.807, 2.05) is 25.1 Å². The number of pyridine rings is 1. The predicted molar refractivity (Wildman–Crippen MR) is 83.4 cm³/mol. The Morgan fingerprint density at radius 2 is 2.10 bits per heavy atom. The first-order valence-electron chi connectivity index (χ1n) is 5.99. The molecule has 0 bridgehead atoms. The topological polar surface area (TPSA) is 45.8 Å². The maximum absolute atomic E-state index is 12.6. The number of nitrogens with zero attached hydrogens (tertiary/aromatic N) is 1. The summed E-state index contributed by atoms with van der Waals surface area (Å²) in [4.78, 5) is 19.9. The smallest absolute Gasteiger partial charge is 0.195 e. The van der Waals surface area contributed by atoms with Gasteiger partial charge < -0.3 is 4.98 Å². The molecule has 0 saturated carbocycles. The first kappa shape index (κ1) is 13.3. The fourth-order valence-electron chi connectivity index (χ4n) is 2.19. The Kier molecular flexibility index (Phi) is 3.36. The van der Waals surface area contributed by atoms with E-state index in [0.29, 0.717) is 21.8 Å². The van der Waals surface area contributed by atoms with Crippen LogP contribution in [0.2, 0.25) is 5.02 Å². The van der Waals surface area contributed by atoms with E-state index in [1.54, 1.807) is 18.5 Å². The molecule has 0 unspecified atom stereocenters. The monoisotopic (exact) mass is 348 g/mol. The van der Waals surface area contributed by atoms with E-state index in [-0.39, 0.29) is 5.78 Å². The molecule has 2 aromatic heterocycles. The standard InChI is InChI=1S/C15H10BrClN2O/c1-8-2-9(4-11(17)3-8)14(20)13-7-19-15-12(13)5-10(16)6-18-15/h2-7H,1H3,(H,18,19). The molecule has 3 nitrogen and oxygen atoms in total. The minimum atomic E-state index is -0.0678. The highest BCUT2D eigenvalue weighted by Gasteiger charge is 2.15. The summed E-state index contributed by atoms with van der Waals surface area (Å²) in [6.07, 6.45) is 3.37. The van der Waals surface area contributed by atoms with Gasteiger partial charge in [0.15, 0.2) is 5.78 Å². The molecule has 0 aliphatic heterocycles. The molecule has 0 fully saturated rings. The predicted octanol–water partition coefficient (Wildman–Crippen LogP) is 4.52. The zero-order valence-electron chi connectivity index (χ0n) is 10.6. The van der Waals surface area contributed by atoms with Gasteiger partial charge in [-0.3, -0.25) is 4.79 Å². The third-order valence-corrected chi connectivity index (χ3v) is 3.70. The number of ketones is 1. The summed E-state index contributed by atoms with van der Waals surface area (Å²) < 4.78 is 0.834. The average Bonchev–Trinajstić information content (AvgIpc) is 2.79. The summed E-state index contributed by atoms with van der Waals surface area (Å²) in [5.74, 6) is -0.0678. The number of aromatic nitrogens is 2. The minimum Gasteiger partial charge on any atom is -0.345 e. The van der Waals surface area contributed by atoms with E-state index in [2.05, 4.69) is 25.9 Å². The lowest BCUT2D eigenvalue weighted by molar-refractivity contribution is 0.104. The van der Waals surface area contributed by atoms with Crippen molar-refractivity contribution < 1.29 is 4.79 Å². The summed E-state index contributed by atoms with van der Waals surface area (Å²) in [5, 5.41) is 1.36. The lowest BCUT2D eigenvalue weighted by Crippen LogP contribution is -2.01. The zero-order chi connectivity index (χ0) is 14.3. The summed E-state index contributed by atoms with van der Waals surface area (Å²) in [5.41, 5.74) is 2.82. The van der Waals surface area contributed by atoms with E-state index < -0.39 is 0 Å². The molecule has 2 heterocycles. The molecule has 1 N–H and O–H groups in total. The fraction of sp³-hybridized carbons (Fsp3) is 0.0667. The Morgan fingerprint density at radius 1 is 1.30 bits per heavy atom. The van der Waals surface area contributed by atoms with Crippen molar-refractivity contribution in [1.82, 2.24) is 9.97 Å². The number of carbonyl (C=O) groups excluding carboxylic acids is 1. The number of hydrogen-bond donors (Lipinski definition) is 1. The molecule has 0 radical (unpaired) electrons. The zero-order valence-corrected chi connectivity index (χ0v) is 12.9. The normalized spacial score (nSPS) is 10.9. The van der Waals surface area contributed by atoms with Crippen molar-refractivity contribution in [2.24, 2.45) is 0 Å². The van der Waals surface area contributed by atoms with Crippen LogP contribution in [0.5, 0.6) is 0 Å². The largest absolute Gasteiger partial charge is 0.345 e. The van der Waals surface area contributed by atoms with Gasteiger partial charge in [-0.15, -0.1) is 0 Å². The van der Waals surface area contributed by atoms with Crippen molar-refractivity contribution in [2.75, 3.05) is 0 Å². The van der Waals surface area contributed by atoms with Gasteiger partial charge in [0, 0.05) is 38.4 Å². The number of carbonyl (C=O) groups is 1. The van der Waals surface area contributed by atoms with Gasteiger partial charge in [-0.2, -0.15) is 0 Å².